The molecule has 112 valence electrons. The molecule has 1 aliphatic heterocycles. The van der Waals surface area contributed by atoms with E-state index in [4.69, 9.17) is 0 Å². The fourth-order valence-electron chi connectivity index (χ4n) is 2.95. The van der Waals surface area contributed by atoms with Gasteiger partial charge >= 0.3 is 0 Å². The number of nitrogens with zero attached hydrogens (tertiary/aromatic N) is 1. The van der Waals surface area contributed by atoms with Gasteiger partial charge in [0.15, 0.2) is 0 Å². The molecule has 0 bridgehead atoms. The van der Waals surface area contributed by atoms with Crippen molar-refractivity contribution < 1.29 is 8.42 Å². The second kappa shape index (κ2) is 6.24. The van der Waals surface area contributed by atoms with Crippen molar-refractivity contribution in [2.45, 2.75) is 44.2 Å². The standard InChI is InChI=1S/C15H24N2O2S/c1-12(2)14-8-6-10-17(14)20(18,19)15-9-5-4-7-13(15)11-16-3/h4-5,7,9,12,14,16H,6,8,10-11H2,1-3H3. The van der Waals surface area contributed by atoms with E-state index in [0.717, 1.165) is 18.4 Å². The molecule has 0 spiro atoms. The first-order chi connectivity index (χ1) is 9.48. The maximum absolute atomic E-state index is 12.9. The molecule has 0 radical (unpaired) electrons. The van der Waals surface area contributed by atoms with Crippen molar-refractivity contribution in [1.82, 2.24) is 9.62 Å². The number of rotatable bonds is 5. The van der Waals surface area contributed by atoms with Gasteiger partial charge in [0.05, 0.1) is 4.90 Å². The van der Waals surface area contributed by atoms with E-state index < -0.39 is 10.0 Å². The molecule has 0 saturated carbocycles. The zero-order valence-corrected chi connectivity index (χ0v) is 13.3. The molecule has 1 atom stereocenters. The molecular weight excluding hydrogens is 272 g/mol. The summed E-state index contributed by atoms with van der Waals surface area (Å²) in [5, 5.41) is 3.04. The Kier molecular flexibility index (Phi) is 4.83. The molecule has 1 saturated heterocycles. The maximum atomic E-state index is 12.9. The quantitative estimate of drug-likeness (QED) is 0.906. The minimum atomic E-state index is -3.39. The van der Waals surface area contributed by atoms with Gasteiger partial charge in [-0.15, -0.1) is 0 Å². The predicted molar refractivity (Wildman–Crippen MR) is 81.0 cm³/mol. The molecule has 1 aliphatic rings. The van der Waals surface area contributed by atoms with Crippen LogP contribution in [-0.4, -0.2) is 32.4 Å². The van der Waals surface area contributed by atoms with E-state index in [-0.39, 0.29) is 6.04 Å². The Morgan fingerprint density at radius 1 is 1.35 bits per heavy atom. The van der Waals surface area contributed by atoms with Gasteiger partial charge in [-0.25, -0.2) is 8.42 Å². The van der Waals surface area contributed by atoms with E-state index in [0.29, 0.717) is 23.9 Å². The van der Waals surface area contributed by atoms with E-state index >= 15 is 0 Å². The predicted octanol–water partition coefficient (Wildman–Crippen LogP) is 2.22. The van der Waals surface area contributed by atoms with Crippen LogP contribution >= 0.6 is 0 Å². The van der Waals surface area contributed by atoms with Gasteiger partial charge in [-0.1, -0.05) is 32.0 Å². The first kappa shape index (κ1) is 15.5. The smallest absolute Gasteiger partial charge is 0.243 e. The summed E-state index contributed by atoms with van der Waals surface area (Å²) in [6.07, 6.45) is 1.92. The average Bonchev–Trinajstić information content (AvgIpc) is 2.89. The molecule has 0 amide bonds. The Labute approximate surface area is 122 Å². The number of hydrogen-bond acceptors (Lipinski definition) is 3. The number of sulfonamides is 1. The molecule has 4 nitrogen and oxygen atoms in total. The van der Waals surface area contributed by atoms with Crippen molar-refractivity contribution in [1.29, 1.82) is 0 Å². The second-order valence-electron chi connectivity index (χ2n) is 5.71. The summed E-state index contributed by atoms with van der Waals surface area (Å²) in [4.78, 5) is 0.446. The third-order valence-corrected chi connectivity index (χ3v) is 5.97. The molecule has 0 aliphatic carbocycles. The van der Waals surface area contributed by atoms with E-state index in [1.165, 1.54) is 0 Å². The van der Waals surface area contributed by atoms with Crippen LogP contribution in [0.25, 0.3) is 0 Å². The summed E-state index contributed by atoms with van der Waals surface area (Å²) in [6.45, 7) is 5.39. The summed E-state index contributed by atoms with van der Waals surface area (Å²) in [5.41, 5.74) is 0.837. The van der Waals surface area contributed by atoms with Crippen LogP contribution in [0.15, 0.2) is 29.2 Å². The Morgan fingerprint density at radius 3 is 2.70 bits per heavy atom. The molecule has 2 rings (SSSR count). The zero-order valence-electron chi connectivity index (χ0n) is 12.5. The fourth-order valence-corrected chi connectivity index (χ4v) is 5.00. The van der Waals surface area contributed by atoms with Crippen LogP contribution in [0.2, 0.25) is 0 Å². The third-order valence-electron chi connectivity index (χ3n) is 3.94. The molecular formula is C15H24N2O2S. The Morgan fingerprint density at radius 2 is 2.05 bits per heavy atom. The van der Waals surface area contributed by atoms with Crippen molar-refractivity contribution in [3.8, 4) is 0 Å². The van der Waals surface area contributed by atoms with Crippen molar-refractivity contribution >= 4 is 10.0 Å². The van der Waals surface area contributed by atoms with Gasteiger partial charge in [0, 0.05) is 19.1 Å². The first-order valence-electron chi connectivity index (χ1n) is 7.23. The highest BCUT2D eigenvalue weighted by molar-refractivity contribution is 7.89. The van der Waals surface area contributed by atoms with Crippen LogP contribution in [0.3, 0.4) is 0 Å². The van der Waals surface area contributed by atoms with E-state index in [9.17, 15) is 8.42 Å². The van der Waals surface area contributed by atoms with E-state index in [1.54, 1.807) is 16.4 Å². The molecule has 1 aromatic rings. The Bertz CT molecular complexity index is 555. The van der Waals surface area contributed by atoms with E-state index in [1.807, 2.05) is 19.2 Å². The molecule has 1 unspecified atom stereocenters. The number of hydrogen-bond donors (Lipinski definition) is 1. The summed E-state index contributed by atoms with van der Waals surface area (Å²) in [6, 6.07) is 7.41. The van der Waals surface area contributed by atoms with Gasteiger partial charge in [-0.3, -0.25) is 0 Å². The minimum Gasteiger partial charge on any atom is -0.316 e. The molecule has 1 aromatic carbocycles. The largest absolute Gasteiger partial charge is 0.316 e. The van der Waals surface area contributed by atoms with Gasteiger partial charge < -0.3 is 5.32 Å². The minimum absolute atomic E-state index is 0.127. The van der Waals surface area contributed by atoms with Crippen LogP contribution in [0.4, 0.5) is 0 Å². The zero-order chi connectivity index (χ0) is 14.8. The highest BCUT2D eigenvalue weighted by Gasteiger charge is 2.37. The molecule has 1 heterocycles. The lowest BCUT2D eigenvalue weighted by atomic mass is 10.0. The second-order valence-corrected chi connectivity index (χ2v) is 7.57. The molecule has 0 aromatic heterocycles. The Hall–Kier alpha value is -0.910. The number of nitrogens with one attached hydrogen (secondary N) is 1. The summed E-state index contributed by atoms with van der Waals surface area (Å²) in [7, 11) is -1.56. The van der Waals surface area contributed by atoms with Crippen LogP contribution in [0.5, 0.6) is 0 Å². The lowest BCUT2D eigenvalue weighted by molar-refractivity contribution is 0.315. The van der Waals surface area contributed by atoms with Gasteiger partial charge in [0.1, 0.15) is 0 Å². The Balaban J connectivity index is 2.40. The average molecular weight is 296 g/mol. The molecule has 1 fully saturated rings. The van der Waals surface area contributed by atoms with Crippen molar-refractivity contribution in [3.05, 3.63) is 29.8 Å². The fraction of sp³-hybridized carbons (Fsp3) is 0.600. The highest BCUT2D eigenvalue weighted by Crippen LogP contribution is 2.31. The van der Waals surface area contributed by atoms with Crippen LogP contribution in [0.1, 0.15) is 32.3 Å². The van der Waals surface area contributed by atoms with Crippen LogP contribution in [-0.2, 0) is 16.6 Å². The number of benzene rings is 1. The normalized spacial score (nSPS) is 20.7. The summed E-state index contributed by atoms with van der Waals surface area (Å²) in [5.74, 6) is 0.351. The topological polar surface area (TPSA) is 49.4 Å². The first-order valence-corrected chi connectivity index (χ1v) is 8.67. The van der Waals surface area contributed by atoms with Crippen molar-refractivity contribution in [2.24, 2.45) is 5.92 Å². The molecule has 20 heavy (non-hydrogen) atoms. The third kappa shape index (κ3) is 2.90. The maximum Gasteiger partial charge on any atom is 0.243 e. The highest BCUT2D eigenvalue weighted by atomic mass is 32.2. The van der Waals surface area contributed by atoms with Gasteiger partial charge in [0.2, 0.25) is 10.0 Å². The SMILES string of the molecule is CNCc1ccccc1S(=O)(=O)N1CCCC1C(C)C. The summed E-state index contributed by atoms with van der Waals surface area (Å²) < 4.78 is 27.6. The van der Waals surface area contributed by atoms with Gasteiger partial charge in [-0.05, 0) is 37.4 Å². The lowest BCUT2D eigenvalue weighted by Gasteiger charge is -2.27. The monoisotopic (exact) mass is 296 g/mol. The van der Waals surface area contributed by atoms with Crippen LogP contribution in [0, 0.1) is 5.92 Å². The van der Waals surface area contributed by atoms with E-state index in [2.05, 4.69) is 19.2 Å². The summed E-state index contributed by atoms with van der Waals surface area (Å²) >= 11 is 0. The lowest BCUT2D eigenvalue weighted by Crippen LogP contribution is -2.39. The van der Waals surface area contributed by atoms with Gasteiger partial charge in [-0.2, -0.15) is 4.31 Å². The van der Waals surface area contributed by atoms with Gasteiger partial charge in [0.25, 0.3) is 0 Å². The van der Waals surface area contributed by atoms with Crippen LogP contribution < -0.4 is 5.32 Å². The molecule has 5 heteroatoms. The molecule has 1 N–H and O–H groups in total. The van der Waals surface area contributed by atoms with Crippen molar-refractivity contribution in [2.75, 3.05) is 13.6 Å². The van der Waals surface area contributed by atoms with Crippen molar-refractivity contribution in [3.63, 3.8) is 0 Å².